The van der Waals surface area contributed by atoms with Crippen LogP contribution < -0.4 is 11.1 Å². The second kappa shape index (κ2) is 10.4. The molecule has 0 aliphatic heterocycles. The molecule has 3 rings (SSSR count). The van der Waals surface area contributed by atoms with E-state index in [9.17, 15) is 19.1 Å². The van der Waals surface area contributed by atoms with Gasteiger partial charge in [-0.25, -0.2) is 4.39 Å². The third kappa shape index (κ3) is 5.93. The van der Waals surface area contributed by atoms with Crippen molar-refractivity contribution >= 4 is 23.5 Å². The van der Waals surface area contributed by atoms with Crippen LogP contribution in [0.3, 0.4) is 0 Å². The number of hydrogen-bond acceptors (Lipinski definition) is 5. The van der Waals surface area contributed by atoms with E-state index in [1.165, 1.54) is 18.2 Å². The summed E-state index contributed by atoms with van der Waals surface area (Å²) in [6.45, 7) is 1.88. The Hall–Kier alpha value is -3.23. The number of halogens is 2. The van der Waals surface area contributed by atoms with E-state index >= 15 is 0 Å². The predicted molar refractivity (Wildman–Crippen MR) is 118 cm³/mol. The first-order valence-corrected chi connectivity index (χ1v) is 10.4. The molecule has 9 heteroatoms. The first-order valence-electron chi connectivity index (χ1n) is 10.1. The molecule has 2 atom stereocenters. The van der Waals surface area contributed by atoms with Crippen LogP contribution in [0.2, 0.25) is 5.02 Å². The zero-order valence-corrected chi connectivity index (χ0v) is 18.1. The Kier molecular flexibility index (Phi) is 7.61. The summed E-state index contributed by atoms with van der Waals surface area (Å²) in [6.07, 6.45) is 0.948. The number of nitrogens with zero attached hydrogens (tertiary/aromatic N) is 1. The monoisotopic (exact) mass is 459 g/mol. The highest BCUT2D eigenvalue weighted by molar-refractivity contribution is 6.30. The molecule has 1 aromatic heterocycles. The lowest BCUT2D eigenvalue weighted by molar-refractivity contribution is -0.138. The van der Waals surface area contributed by atoms with Crippen molar-refractivity contribution in [3.63, 3.8) is 0 Å². The molecule has 0 aliphatic carbocycles. The maximum Gasteiger partial charge on any atom is 0.320 e. The van der Waals surface area contributed by atoms with Crippen LogP contribution in [0.15, 0.2) is 53.1 Å². The smallest absolute Gasteiger partial charge is 0.320 e. The van der Waals surface area contributed by atoms with E-state index in [0.29, 0.717) is 34.7 Å². The second-order valence-corrected chi connectivity index (χ2v) is 7.85. The SMILES string of the molecule is CCc1cc(C(=O)N[C@H](Cc2ccc(-c3cc(Cl)ccc3F)cc2)C[C@@H](N)C(=O)O)on1. The van der Waals surface area contributed by atoms with Crippen LogP contribution in [-0.4, -0.2) is 34.2 Å². The Labute approximate surface area is 189 Å². The zero-order valence-electron chi connectivity index (χ0n) is 17.3. The summed E-state index contributed by atoms with van der Waals surface area (Å²) in [6, 6.07) is 11.2. The van der Waals surface area contributed by atoms with Crippen LogP contribution in [0.4, 0.5) is 4.39 Å². The van der Waals surface area contributed by atoms with Crippen molar-refractivity contribution in [3.05, 3.63) is 76.4 Å². The molecular weight excluding hydrogens is 437 g/mol. The number of carbonyl (C=O) groups is 2. The Balaban J connectivity index is 1.77. The average molecular weight is 460 g/mol. The molecule has 7 nitrogen and oxygen atoms in total. The number of carboxylic acid groups (broad SMARTS) is 1. The molecule has 3 aromatic rings. The van der Waals surface area contributed by atoms with Gasteiger partial charge in [-0.15, -0.1) is 0 Å². The number of rotatable bonds is 9. The van der Waals surface area contributed by atoms with Gasteiger partial charge in [0.25, 0.3) is 5.91 Å². The van der Waals surface area contributed by atoms with E-state index in [-0.39, 0.29) is 12.2 Å². The standard InChI is InChI=1S/C23H23ClFN3O4/c1-2-16-12-21(32-28-16)22(29)27-17(11-20(26)23(30)31)9-13-3-5-14(6-4-13)18-10-15(24)7-8-19(18)25/h3-8,10,12,17,20H,2,9,11,26H2,1H3,(H,27,29)(H,30,31)/t17-,20-/m1/s1. The van der Waals surface area contributed by atoms with Gasteiger partial charge in [0, 0.05) is 22.7 Å². The lowest BCUT2D eigenvalue weighted by Crippen LogP contribution is -2.43. The minimum Gasteiger partial charge on any atom is -0.480 e. The van der Waals surface area contributed by atoms with E-state index in [4.69, 9.17) is 21.9 Å². The highest BCUT2D eigenvalue weighted by Gasteiger charge is 2.23. The topological polar surface area (TPSA) is 118 Å². The summed E-state index contributed by atoms with van der Waals surface area (Å²) in [5, 5.41) is 16.2. The minimum absolute atomic E-state index is 0.0144. The summed E-state index contributed by atoms with van der Waals surface area (Å²) in [7, 11) is 0. The lowest BCUT2D eigenvalue weighted by Gasteiger charge is -2.20. The molecule has 1 heterocycles. The van der Waals surface area contributed by atoms with Gasteiger partial charge in [0.2, 0.25) is 5.76 Å². The van der Waals surface area contributed by atoms with Crippen LogP contribution in [-0.2, 0) is 17.6 Å². The Bertz CT molecular complexity index is 1100. The molecule has 32 heavy (non-hydrogen) atoms. The van der Waals surface area contributed by atoms with Gasteiger partial charge in [0.1, 0.15) is 11.9 Å². The number of hydrogen-bond donors (Lipinski definition) is 3. The van der Waals surface area contributed by atoms with Crippen molar-refractivity contribution < 1.29 is 23.6 Å². The lowest BCUT2D eigenvalue weighted by atomic mass is 9.97. The van der Waals surface area contributed by atoms with Gasteiger partial charge in [-0.3, -0.25) is 9.59 Å². The zero-order chi connectivity index (χ0) is 23.3. The first kappa shape index (κ1) is 23.4. The number of benzene rings is 2. The quantitative estimate of drug-likeness (QED) is 0.447. The fourth-order valence-corrected chi connectivity index (χ4v) is 3.44. The van der Waals surface area contributed by atoms with Crippen molar-refractivity contribution in [1.82, 2.24) is 10.5 Å². The fourth-order valence-electron chi connectivity index (χ4n) is 3.27. The van der Waals surface area contributed by atoms with Crippen molar-refractivity contribution in [2.75, 3.05) is 0 Å². The van der Waals surface area contributed by atoms with Gasteiger partial charge in [0.15, 0.2) is 0 Å². The summed E-state index contributed by atoms with van der Waals surface area (Å²) in [4.78, 5) is 23.8. The molecular formula is C23H23ClFN3O4. The van der Waals surface area contributed by atoms with Gasteiger partial charge in [0.05, 0.1) is 5.69 Å². The second-order valence-electron chi connectivity index (χ2n) is 7.41. The normalized spacial score (nSPS) is 12.9. The Morgan fingerprint density at radius 2 is 1.94 bits per heavy atom. The van der Waals surface area contributed by atoms with Gasteiger partial charge < -0.3 is 20.7 Å². The number of aryl methyl sites for hydroxylation is 1. The largest absolute Gasteiger partial charge is 0.480 e. The third-order valence-corrected chi connectivity index (χ3v) is 5.25. The van der Waals surface area contributed by atoms with E-state index in [2.05, 4.69) is 10.5 Å². The molecule has 0 unspecified atom stereocenters. The molecule has 0 aliphatic rings. The highest BCUT2D eigenvalue weighted by Crippen LogP contribution is 2.26. The molecule has 168 valence electrons. The summed E-state index contributed by atoms with van der Waals surface area (Å²) in [5.41, 5.74) is 8.17. The van der Waals surface area contributed by atoms with E-state index in [0.717, 1.165) is 5.56 Å². The number of nitrogens with one attached hydrogen (secondary N) is 1. The van der Waals surface area contributed by atoms with Crippen molar-refractivity contribution in [1.29, 1.82) is 0 Å². The first-order chi connectivity index (χ1) is 15.3. The summed E-state index contributed by atoms with van der Waals surface area (Å²) in [5.74, 6) is -2.01. The molecule has 0 fully saturated rings. The van der Waals surface area contributed by atoms with Gasteiger partial charge in [-0.1, -0.05) is 47.9 Å². The van der Waals surface area contributed by atoms with Gasteiger partial charge in [-0.2, -0.15) is 0 Å². The van der Waals surface area contributed by atoms with Gasteiger partial charge in [-0.05, 0) is 48.6 Å². The maximum atomic E-state index is 14.1. The van der Waals surface area contributed by atoms with Crippen LogP contribution in [0, 0.1) is 5.82 Å². The number of nitrogens with two attached hydrogens (primary N) is 1. The summed E-state index contributed by atoms with van der Waals surface area (Å²) < 4.78 is 19.2. The number of amides is 1. The number of carboxylic acids is 1. The molecule has 0 spiro atoms. The average Bonchev–Trinajstić information content (AvgIpc) is 3.25. The molecule has 0 radical (unpaired) electrons. The number of aliphatic carboxylic acids is 1. The molecule has 4 N–H and O–H groups in total. The van der Waals surface area contributed by atoms with Gasteiger partial charge >= 0.3 is 5.97 Å². The van der Waals surface area contributed by atoms with Crippen molar-refractivity contribution in [2.45, 2.75) is 38.3 Å². The molecule has 0 saturated carbocycles. The highest BCUT2D eigenvalue weighted by atomic mass is 35.5. The molecule has 2 aromatic carbocycles. The fraction of sp³-hybridized carbons (Fsp3) is 0.261. The van der Waals surface area contributed by atoms with E-state index < -0.39 is 29.8 Å². The van der Waals surface area contributed by atoms with Crippen molar-refractivity contribution in [3.8, 4) is 11.1 Å². The van der Waals surface area contributed by atoms with Crippen molar-refractivity contribution in [2.24, 2.45) is 5.73 Å². The number of carbonyl (C=O) groups excluding carboxylic acids is 1. The maximum absolute atomic E-state index is 14.1. The minimum atomic E-state index is -1.16. The Morgan fingerprint density at radius 1 is 1.22 bits per heavy atom. The molecule has 0 saturated heterocycles. The van der Waals surface area contributed by atoms with Crippen LogP contribution in [0.1, 0.15) is 35.2 Å². The summed E-state index contributed by atoms with van der Waals surface area (Å²) >= 11 is 5.97. The third-order valence-electron chi connectivity index (χ3n) is 5.01. The number of aromatic nitrogens is 1. The van der Waals surface area contributed by atoms with Crippen LogP contribution in [0.5, 0.6) is 0 Å². The Morgan fingerprint density at radius 3 is 2.56 bits per heavy atom. The van der Waals surface area contributed by atoms with E-state index in [1.807, 2.05) is 6.92 Å². The predicted octanol–water partition coefficient (Wildman–Crippen LogP) is 3.84. The van der Waals surface area contributed by atoms with Crippen LogP contribution in [0.25, 0.3) is 11.1 Å². The molecule has 1 amide bonds. The van der Waals surface area contributed by atoms with E-state index in [1.54, 1.807) is 30.3 Å². The molecule has 0 bridgehead atoms. The van der Waals surface area contributed by atoms with Crippen LogP contribution >= 0.6 is 11.6 Å².